The fourth-order valence-electron chi connectivity index (χ4n) is 3.43. The zero-order valence-corrected chi connectivity index (χ0v) is 17.3. The number of fused-ring (bicyclic) bond motifs is 1. The summed E-state index contributed by atoms with van der Waals surface area (Å²) in [7, 11) is 0. The monoisotopic (exact) mass is 420 g/mol. The molecule has 4 aromatic rings. The molecule has 0 spiro atoms. The van der Waals surface area contributed by atoms with Gasteiger partial charge in [0.2, 0.25) is 0 Å². The maximum atomic E-state index is 13.5. The lowest BCUT2D eigenvalue weighted by molar-refractivity contribution is 0.0984. The van der Waals surface area contributed by atoms with E-state index < -0.39 is 0 Å². The number of halogens is 2. The lowest BCUT2D eigenvalue weighted by atomic mass is 10.0. The summed E-state index contributed by atoms with van der Waals surface area (Å²) >= 11 is 12.5. The maximum absolute atomic E-state index is 13.5. The molecular formula is C24H18Cl2N2O. The number of nitrogens with zero attached hydrogens (tertiary/aromatic N) is 2. The van der Waals surface area contributed by atoms with Crippen molar-refractivity contribution in [2.45, 2.75) is 13.5 Å². The zero-order valence-electron chi connectivity index (χ0n) is 15.8. The summed E-state index contributed by atoms with van der Waals surface area (Å²) in [6.45, 7) is 2.26. The molecule has 0 saturated carbocycles. The zero-order chi connectivity index (χ0) is 20.4. The number of aromatic nitrogens is 1. The fourth-order valence-corrected chi connectivity index (χ4v) is 3.95. The van der Waals surface area contributed by atoms with Crippen molar-refractivity contribution >= 4 is 45.6 Å². The van der Waals surface area contributed by atoms with E-state index in [1.807, 2.05) is 31.2 Å². The van der Waals surface area contributed by atoms with Gasteiger partial charge >= 0.3 is 0 Å². The SMILES string of the molecule is Cc1cnccc1C(=O)N(Cc1cccc2ccccc12)c1cc(Cl)cc(Cl)c1. The Hall–Kier alpha value is -2.88. The molecule has 144 valence electrons. The van der Waals surface area contributed by atoms with Crippen LogP contribution in [0.1, 0.15) is 21.5 Å². The fraction of sp³-hybridized carbons (Fsp3) is 0.0833. The van der Waals surface area contributed by atoms with Gasteiger partial charge in [-0.25, -0.2) is 0 Å². The van der Waals surface area contributed by atoms with Gasteiger partial charge in [0.15, 0.2) is 0 Å². The van der Waals surface area contributed by atoms with Gasteiger partial charge in [0.25, 0.3) is 5.91 Å². The molecule has 3 nitrogen and oxygen atoms in total. The number of hydrogen-bond acceptors (Lipinski definition) is 2. The van der Waals surface area contributed by atoms with E-state index in [1.165, 1.54) is 0 Å². The molecular weight excluding hydrogens is 403 g/mol. The first-order valence-corrected chi connectivity index (χ1v) is 9.94. The van der Waals surface area contributed by atoms with Crippen molar-refractivity contribution in [1.29, 1.82) is 0 Å². The number of amides is 1. The highest BCUT2D eigenvalue weighted by Gasteiger charge is 2.21. The molecule has 0 bridgehead atoms. The Morgan fingerprint density at radius 3 is 2.45 bits per heavy atom. The van der Waals surface area contributed by atoms with Crippen LogP contribution in [0.5, 0.6) is 0 Å². The summed E-state index contributed by atoms with van der Waals surface area (Å²) in [5.41, 5.74) is 3.10. The van der Waals surface area contributed by atoms with Crippen LogP contribution in [0.3, 0.4) is 0 Å². The molecule has 0 N–H and O–H groups in total. The third kappa shape index (κ3) is 4.12. The average Bonchev–Trinajstić information content (AvgIpc) is 2.71. The van der Waals surface area contributed by atoms with E-state index in [2.05, 4.69) is 23.2 Å². The lowest BCUT2D eigenvalue weighted by Crippen LogP contribution is -2.31. The average molecular weight is 421 g/mol. The van der Waals surface area contributed by atoms with Gasteiger partial charge in [-0.1, -0.05) is 65.7 Å². The van der Waals surface area contributed by atoms with Gasteiger partial charge in [-0.15, -0.1) is 0 Å². The molecule has 0 aliphatic carbocycles. The van der Waals surface area contributed by atoms with E-state index in [4.69, 9.17) is 23.2 Å². The van der Waals surface area contributed by atoms with E-state index in [0.717, 1.165) is 21.9 Å². The number of pyridine rings is 1. The van der Waals surface area contributed by atoms with Crippen molar-refractivity contribution in [2.24, 2.45) is 0 Å². The minimum absolute atomic E-state index is 0.129. The highest BCUT2D eigenvalue weighted by molar-refractivity contribution is 6.35. The van der Waals surface area contributed by atoms with Crippen LogP contribution >= 0.6 is 23.2 Å². The minimum Gasteiger partial charge on any atom is -0.304 e. The van der Waals surface area contributed by atoms with E-state index >= 15 is 0 Å². The van der Waals surface area contributed by atoms with Crippen LogP contribution in [0.25, 0.3) is 10.8 Å². The third-order valence-electron chi connectivity index (χ3n) is 4.86. The molecule has 1 amide bonds. The second-order valence-electron chi connectivity index (χ2n) is 6.85. The smallest absolute Gasteiger partial charge is 0.258 e. The topological polar surface area (TPSA) is 33.2 Å². The van der Waals surface area contributed by atoms with Gasteiger partial charge in [-0.05, 0) is 53.1 Å². The number of hydrogen-bond donors (Lipinski definition) is 0. The molecule has 0 fully saturated rings. The highest BCUT2D eigenvalue weighted by Crippen LogP contribution is 2.30. The molecule has 0 saturated heterocycles. The van der Waals surface area contributed by atoms with E-state index in [1.54, 1.807) is 41.6 Å². The molecule has 1 aromatic heterocycles. The van der Waals surface area contributed by atoms with Crippen molar-refractivity contribution in [3.63, 3.8) is 0 Å². The number of carbonyl (C=O) groups excluding carboxylic acids is 1. The van der Waals surface area contributed by atoms with Gasteiger partial charge < -0.3 is 4.90 Å². The summed E-state index contributed by atoms with van der Waals surface area (Å²) in [6, 6.07) is 21.1. The van der Waals surface area contributed by atoms with Crippen LogP contribution in [0.4, 0.5) is 5.69 Å². The normalized spacial score (nSPS) is 10.9. The Balaban J connectivity index is 1.84. The number of aryl methyl sites for hydroxylation is 1. The Morgan fingerprint density at radius 1 is 0.966 bits per heavy atom. The number of benzene rings is 3. The highest BCUT2D eigenvalue weighted by atomic mass is 35.5. The van der Waals surface area contributed by atoms with Crippen LogP contribution in [0.15, 0.2) is 79.1 Å². The minimum atomic E-state index is -0.129. The van der Waals surface area contributed by atoms with Crippen molar-refractivity contribution in [3.8, 4) is 0 Å². The molecule has 0 aliphatic heterocycles. The molecule has 5 heteroatoms. The summed E-state index contributed by atoms with van der Waals surface area (Å²) < 4.78 is 0. The Kier molecular flexibility index (Phi) is 5.52. The largest absolute Gasteiger partial charge is 0.304 e. The first-order valence-electron chi connectivity index (χ1n) is 9.18. The van der Waals surface area contributed by atoms with Gasteiger partial charge in [0.05, 0.1) is 6.54 Å². The quantitative estimate of drug-likeness (QED) is 0.368. The number of anilines is 1. The number of carbonyl (C=O) groups is 1. The Bertz CT molecular complexity index is 1180. The van der Waals surface area contributed by atoms with Crippen molar-refractivity contribution in [2.75, 3.05) is 4.90 Å². The van der Waals surface area contributed by atoms with Crippen LogP contribution in [0.2, 0.25) is 10.0 Å². The summed E-state index contributed by atoms with van der Waals surface area (Å²) in [4.78, 5) is 19.4. The lowest BCUT2D eigenvalue weighted by Gasteiger charge is -2.25. The summed E-state index contributed by atoms with van der Waals surface area (Å²) in [5.74, 6) is -0.129. The van der Waals surface area contributed by atoms with Crippen LogP contribution in [-0.4, -0.2) is 10.9 Å². The van der Waals surface area contributed by atoms with Crippen molar-refractivity contribution in [1.82, 2.24) is 4.98 Å². The Labute approximate surface area is 179 Å². The molecule has 1 heterocycles. The first-order chi connectivity index (χ1) is 14.0. The molecule has 0 aliphatic rings. The van der Waals surface area contributed by atoms with Crippen LogP contribution in [-0.2, 0) is 6.54 Å². The van der Waals surface area contributed by atoms with Crippen molar-refractivity contribution < 1.29 is 4.79 Å². The molecule has 0 radical (unpaired) electrons. The van der Waals surface area contributed by atoms with Gasteiger partial charge in [0, 0.05) is 33.7 Å². The van der Waals surface area contributed by atoms with Crippen LogP contribution in [0, 0.1) is 6.92 Å². The number of rotatable bonds is 4. The molecule has 4 rings (SSSR count). The second kappa shape index (κ2) is 8.24. The van der Waals surface area contributed by atoms with Crippen molar-refractivity contribution in [3.05, 3.63) is 106 Å². The maximum Gasteiger partial charge on any atom is 0.258 e. The molecule has 29 heavy (non-hydrogen) atoms. The molecule has 3 aromatic carbocycles. The van der Waals surface area contributed by atoms with E-state index in [9.17, 15) is 4.79 Å². The standard InChI is InChI=1S/C24H18Cl2N2O/c1-16-14-27-10-9-22(16)24(29)28(21-12-19(25)11-20(26)13-21)15-18-7-4-6-17-5-2-3-8-23(17)18/h2-14H,15H2,1H3. The second-order valence-corrected chi connectivity index (χ2v) is 7.72. The Morgan fingerprint density at radius 2 is 1.69 bits per heavy atom. The van der Waals surface area contributed by atoms with Crippen LogP contribution < -0.4 is 4.90 Å². The van der Waals surface area contributed by atoms with Gasteiger partial charge in [-0.2, -0.15) is 0 Å². The van der Waals surface area contributed by atoms with Gasteiger partial charge in [0.1, 0.15) is 0 Å². The third-order valence-corrected chi connectivity index (χ3v) is 5.30. The summed E-state index contributed by atoms with van der Waals surface area (Å²) in [6.07, 6.45) is 3.32. The predicted octanol–water partition coefficient (Wildman–Crippen LogP) is 6.70. The molecule has 0 atom stereocenters. The predicted molar refractivity (Wildman–Crippen MR) is 120 cm³/mol. The van der Waals surface area contributed by atoms with Gasteiger partial charge in [-0.3, -0.25) is 9.78 Å². The first kappa shape index (κ1) is 19.4. The van der Waals surface area contributed by atoms with E-state index in [-0.39, 0.29) is 5.91 Å². The summed E-state index contributed by atoms with van der Waals surface area (Å²) in [5, 5.41) is 3.19. The molecule has 0 unspecified atom stereocenters. The van der Waals surface area contributed by atoms with E-state index in [0.29, 0.717) is 27.8 Å².